The third kappa shape index (κ3) is 5.02. The third-order valence-corrected chi connectivity index (χ3v) is 3.45. The van der Waals surface area contributed by atoms with Crippen molar-refractivity contribution in [3.8, 4) is 11.5 Å². The fraction of sp³-hybridized carbons (Fsp3) is 0.211. The molecule has 2 rings (SSSR count). The number of benzene rings is 2. The van der Waals surface area contributed by atoms with E-state index in [0.29, 0.717) is 5.75 Å². The average Bonchev–Trinajstić information content (AvgIpc) is 2.60. The number of alkyl halides is 3. The van der Waals surface area contributed by atoms with Crippen LogP contribution < -0.4 is 9.47 Å². The number of methoxy groups -OCH3 is 2. The first-order valence-electron chi connectivity index (χ1n) is 7.54. The molecule has 0 spiro atoms. The second kappa shape index (κ2) is 7.95. The van der Waals surface area contributed by atoms with Crippen LogP contribution in [0.4, 0.5) is 13.2 Å². The van der Waals surface area contributed by atoms with Crippen molar-refractivity contribution < 1.29 is 32.2 Å². The van der Waals surface area contributed by atoms with E-state index in [1.165, 1.54) is 44.6 Å². The first kappa shape index (κ1) is 19.4. The molecule has 0 aliphatic carbocycles. The zero-order valence-electron chi connectivity index (χ0n) is 14.4. The van der Waals surface area contributed by atoms with Crippen molar-refractivity contribution in [3.05, 3.63) is 65.2 Å². The Morgan fingerprint density at radius 2 is 1.50 bits per heavy atom. The summed E-state index contributed by atoms with van der Waals surface area (Å²) in [6.45, 7) is 1.80. The van der Waals surface area contributed by atoms with Crippen molar-refractivity contribution in [1.29, 1.82) is 0 Å². The second-order valence-electron chi connectivity index (χ2n) is 5.38. The van der Waals surface area contributed by atoms with Crippen LogP contribution in [0, 0.1) is 6.92 Å². The molecule has 0 amide bonds. The molecule has 0 aliphatic heterocycles. The van der Waals surface area contributed by atoms with Crippen molar-refractivity contribution >= 4 is 11.7 Å². The Kier molecular flexibility index (Phi) is 5.92. The molecule has 0 aliphatic rings. The molecule has 138 valence electrons. The fourth-order valence-corrected chi connectivity index (χ4v) is 2.16. The highest BCUT2D eigenvalue weighted by molar-refractivity contribution is 5.93. The van der Waals surface area contributed by atoms with Crippen LogP contribution in [0.5, 0.6) is 11.5 Å². The van der Waals surface area contributed by atoms with E-state index in [9.17, 15) is 18.0 Å². The summed E-state index contributed by atoms with van der Waals surface area (Å²) in [6, 6.07) is 10.3. The van der Waals surface area contributed by atoms with E-state index < -0.39 is 17.9 Å². The van der Waals surface area contributed by atoms with Crippen molar-refractivity contribution in [2.45, 2.75) is 13.1 Å². The molecule has 0 unspecified atom stereocenters. The molecule has 0 saturated carbocycles. The fourth-order valence-electron chi connectivity index (χ4n) is 2.16. The summed E-state index contributed by atoms with van der Waals surface area (Å²) in [4.78, 5) is 12.3. The van der Waals surface area contributed by atoms with Gasteiger partial charge in [-0.1, -0.05) is 29.8 Å². The maximum absolute atomic E-state index is 12.8. The Hall–Kier alpha value is -2.96. The second-order valence-corrected chi connectivity index (χ2v) is 5.38. The minimum absolute atomic E-state index is 0.0304. The molecule has 0 radical (unpaired) electrons. The van der Waals surface area contributed by atoms with E-state index in [0.717, 1.165) is 5.56 Å². The van der Waals surface area contributed by atoms with E-state index >= 15 is 0 Å². The van der Waals surface area contributed by atoms with Crippen LogP contribution in [0.3, 0.4) is 0 Å². The van der Waals surface area contributed by atoms with E-state index in [-0.39, 0.29) is 23.0 Å². The predicted octanol–water partition coefficient (Wildman–Crippen LogP) is 4.77. The smallest absolute Gasteiger partial charge is 0.413 e. The Bertz CT molecular complexity index is 809. The van der Waals surface area contributed by atoms with Gasteiger partial charge in [-0.25, -0.2) is 4.79 Å². The molecule has 0 saturated heterocycles. The van der Waals surface area contributed by atoms with Gasteiger partial charge in [-0.05, 0) is 25.1 Å². The number of hydrogen-bond acceptors (Lipinski definition) is 4. The Labute approximate surface area is 148 Å². The van der Waals surface area contributed by atoms with Crippen LogP contribution in [0.1, 0.15) is 21.5 Å². The lowest BCUT2D eigenvalue weighted by Gasteiger charge is -2.12. The maximum atomic E-state index is 12.8. The largest absolute Gasteiger partial charge is 0.493 e. The van der Waals surface area contributed by atoms with E-state index in [1.54, 1.807) is 19.1 Å². The number of carbonyl (C=O) groups is 1. The molecule has 0 fully saturated rings. The molecule has 26 heavy (non-hydrogen) atoms. The van der Waals surface area contributed by atoms with Gasteiger partial charge in [0.15, 0.2) is 11.5 Å². The van der Waals surface area contributed by atoms with E-state index in [4.69, 9.17) is 14.2 Å². The number of aryl methyl sites for hydroxylation is 1. The molecule has 7 heteroatoms. The zero-order chi connectivity index (χ0) is 19.3. The van der Waals surface area contributed by atoms with Gasteiger partial charge in [0, 0.05) is 5.56 Å². The lowest BCUT2D eigenvalue weighted by molar-refractivity contribution is -0.0802. The Morgan fingerprint density at radius 3 is 2.04 bits per heavy atom. The molecule has 4 nitrogen and oxygen atoms in total. The summed E-state index contributed by atoms with van der Waals surface area (Å²) >= 11 is 0. The summed E-state index contributed by atoms with van der Waals surface area (Å²) in [5, 5.41) is 0. The van der Waals surface area contributed by atoms with Crippen LogP contribution in [-0.4, -0.2) is 26.4 Å². The van der Waals surface area contributed by atoms with Gasteiger partial charge in [0.1, 0.15) is 5.76 Å². The molecule has 2 aromatic rings. The van der Waals surface area contributed by atoms with Gasteiger partial charge >= 0.3 is 12.1 Å². The highest BCUT2D eigenvalue weighted by Gasteiger charge is 2.27. The Morgan fingerprint density at radius 1 is 0.923 bits per heavy atom. The van der Waals surface area contributed by atoms with E-state index in [1.807, 2.05) is 0 Å². The molecule has 2 aromatic carbocycles. The highest BCUT2D eigenvalue weighted by atomic mass is 19.4. The minimum Gasteiger partial charge on any atom is -0.493 e. The number of rotatable bonds is 5. The van der Waals surface area contributed by atoms with Gasteiger partial charge in [-0.3, -0.25) is 0 Å². The number of carbonyl (C=O) groups excluding carboxylic acids is 1. The van der Waals surface area contributed by atoms with E-state index in [2.05, 4.69) is 0 Å². The molecular formula is C19H17F3O4. The molecule has 0 N–H and O–H groups in total. The van der Waals surface area contributed by atoms with Crippen LogP contribution in [0.2, 0.25) is 0 Å². The zero-order valence-corrected chi connectivity index (χ0v) is 14.4. The van der Waals surface area contributed by atoms with Crippen LogP contribution in [0.25, 0.3) is 5.76 Å². The van der Waals surface area contributed by atoms with Gasteiger partial charge < -0.3 is 14.2 Å². The van der Waals surface area contributed by atoms with Crippen molar-refractivity contribution in [3.63, 3.8) is 0 Å². The van der Waals surface area contributed by atoms with Crippen molar-refractivity contribution in [2.24, 2.45) is 0 Å². The third-order valence-electron chi connectivity index (χ3n) is 3.45. The highest BCUT2D eigenvalue weighted by Crippen LogP contribution is 2.30. The number of ether oxygens (including phenoxy) is 3. The van der Waals surface area contributed by atoms with Gasteiger partial charge in [-0.2, -0.15) is 13.2 Å². The Balaban J connectivity index is 2.35. The minimum atomic E-state index is -4.64. The van der Waals surface area contributed by atoms with Crippen LogP contribution >= 0.6 is 0 Å². The molecule has 0 heterocycles. The molecule has 0 bridgehead atoms. The quantitative estimate of drug-likeness (QED) is 0.565. The monoisotopic (exact) mass is 366 g/mol. The van der Waals surface area contributed by atoms with Crippen molar-refractivity contribution in [2.75, 3.05) is 14.2 Å². The standard InChI is InChI=1S/C19H17F3O4/c1-12-4-6-13(7-5-12)17(11-19(20,21)22)26-18(23)14-8-9-15(24-2)16(10-14)25-3/h4-11H,1-3H3/b17-11+. The number of allylic oxidation sites excluding steroid dienone is 1. The molecule has 0 aromatic heterocycles. The van der Waals surface area contributed by atoms with Crippen LogP contribution in [-0.2, 0) is 4.74 Å². The van der Waals surface area contributed by atoms with Crippen molar-refractivity contribution in [1.82, 2.24) is 0 Å². The lowest BCUT2D eigenvalue weighted by Crippen LogP contribution is -2.10. The van der Waals surface area contributed by atoms with Gasteiger partial charge in [0.25, 0.3) is 0 Å². The summed E-state index contributed by atoms with van der Waals surface area (Å²) in [5.41, 5.74) is 1.04. The summed E-state index contributed by atoms with van der Waals surface area (Å²) in [5.74, 6) is -0.883. The lowest BCUT2D eigenvalue weighted by atomic mass is 10.1. The van der Waals surface area contributed by atoms with Gasteiger partial charge in [-0.15, -0.1) is 0 Å². The maximum Gasteiger partial charge on any atom is 0.413 e. The first-order valence-corrected chi connectivity index (χ1v) is 7.54. The van der Waals surface area contributed by atoms with Gasteiger partial charge in [0.2, 0.25) is 0 Å². The van der Waals surface area contributed by atoms with Gasteiger partial charge in [0.05, 0.1) is 25.9 Å². The number of hydrogen-bond donors (Lipinski definition) is 0. The van der Waals surface area contributed by atoms with Crippen LogP contribution in [0.15, 0.2) is 48.5 Å². The summed E-state index contributed by atoms with van der Waals surface area (Å²) in [7, 11) is 2.81. The summed E-state index contributed by atoms with van der Waals surface area (Å²) in [6.07, 6.45) is -4.69. The first-order chi connectivity index (χ1) is 12.2. The normalized spacial score (nSPS) is 11.8. The summed E-state index contributed by atoms with van der Waals surface area (Å²) < 4.78 is 53.7. The number of esters is 1. The molecular weight excluding hydrogens is 349 g/mol. The topological polar surface area (TPSA) is 44.8 Å². The SMILES string of the molecule is COc1ccc(C(=O)O/C(=C/C(F)(F)F)c2ccc(C)cc2)cc1OC. The average molecular weight is 366 g/mol. The predicted molar refractivity (Wildman–Crippen MR) is 90.2 cm³/mol. The molecule has 0 atom stereocenters. The number of halogens is 3.